The van der Waals surface area contributed by atoms with Crippen LogP contribution in [0.4, 0.5) is 5.69 Å². The van der Waals surface area contributed by atoms with E-state index in [-0.39, 0.29) is 11.5 Å². The Bertz CT molecular complexity index is 600. The van der Waals surface area contributed by atoms with E-state index >= 15 is 0 Å². The van der Waals surface area contributed by atoms with Gasteiger partial charge in [-0.1, -0.05) is 6.07 Å². The Hall–Kier alpha value is -1.88. The third-order valence-corrected chi connectivity index (χ3v) is 4.62. The molecule has 1 heterocycles. The van der Waals surface area contributed by atoms with Gasteiger partial charge in [0.05, 0.1) is 11.0 Å². The Labute approximate surface area is 124 Å². The van der Waals surface area contributed by atoms with Crippen LogP contribution in [0.5, 0.6) is 0 Å². The van der Waals surface area contributed by atoms with Crippen LogP contribution in [0.15, 0.2) is 18.2 Å². The van der Waals surface area contributed by atoms with Gasteiger partial charge in [-0.3, -0.25) is 4.79 Å². The van der Waals surface area contributed by atoms with Crippen LogP contribution in [0.3, 0.4) is 0 Å². The van der Waals surface area contributed by atoms with Crippen molar-refractivity contribution in [2.75, 3.05) is 11.4 Å². The zero-order valence-electron chi connectivity index (χ0n) is 12.9. The van der Waals surface area contributed by atoms with E-state index in [4.69, 9.17) is 10.8 Å². The molecule has 3 N–H and O–H groups in total. The van der Waals surface area contributed by atoms with Gasteiger partial charge >= 0.3 is 5.97 Å². The number of hydrogen-bond acceptors (Lipinski definition) is 3. The van der Waals surface area contributed by atoms with Crippen molar-refractivity contribution in [1.29, 1.82) is 0 Å². The summed E-state index contributed by atoms with van der Waals surface area (Å²) in [6.07, 6.45) is 0.738. The number of carbonyl (C=O) groups excluding carboxylic acids is 1. The van der Waals surface area contributed by atoms with Gasteiger partial charge < -0.3 is 15.7 Å². The second kappa shape index (κ2) is 4.84. The van der Waals surface area contributed by atoms with E-state index in [1.54, 1.807) is 23.1 Å². The van der Waals surface area contributed by atoms with E-state index < -0.39 is 16.9 Å². The molecule has 2 rings (SSSR count). The topological polar surface area (TPSA) is 83.6 Å². The predicted molar refractivity (Wildman–Crippen MR) is 81.5 cm³/mol. The molecule has 1 aliphatic heterocycles. The van der Waals surface area contributed by atoms with Crippen molar-refractivity contribution in [2.24, 2.45) is 11.1 Å². The van der Waals surface area contributed by atoms with Crippen LogP contribution in [0.25, 0.3) is 0 Å². The maximum atomic E-state index is 12.9. The molecule has 0 atom stereocenters. The van der Waals surface area contributed by atoms with Gasteiger partial charge in [0.2, 0.25) is 5.91 Å². The predicted octanol–water partition coefficient (Wildman–Crippen LogP) is 2.04. The molecule has 1 aromatic rings. The SMILES string of the molecule is CC(C)(N)C(C)(C)C(=O)N1CCc2ccc(C(=O)O)cc21. The molecule has 0 spiro atoms. The first-order valence-electron chi connectivity index (χ1n) is 7.03. The summed E-state index contributed by atoms with van der Waals surface area (Å²) in [5.74, 6) is -1.06. The number of benzene rings is 1. The van der Waals surface area contributed by atoms with Gasteiger partial charge in [0.1, 0.15) is 0 Å². The minimum atomic E-state index is -0.990. The molecular weight excluding hydrogens is 268 g/mol. The highest BCUT2D eigenvalue weighted by atomic mass is 16.4. The molecule has 1 amide bonds. The fourth-order valence-electron chi connectivity index (χ4n) is 2.34. The number of carboxylic acids is 1. The Morgan fingerprint density at radius 1 is 1.24 bits per heavy atom. The second-order valence-electron chi connectivity index (χ2n) is 6.70. The van der Waals surface area contributed by atoms with Crippen molar-refractivity contribution >= 4 is 17.6 Å². The molecule has 5 heteroatoms. The number of fused-ring (bicyclic) bond motifs is 1. The van der Waals surface area contributed by atoms with Gasteiger partial charge in [0.15, 0.2) is 0 Å². The molecular formula is C16H22N2O3. The van der Waals surface area contributed by atoms with Crippen molar-refractivity contribution in [1.82, 2.24) is 0 Å². The number of carbonyl (C=O) groups is 2. The summed E-state index contributed by atoms with van der Waals surface area (Å²) >= 11 is 0. The summed E-state index contributed by atoms with van der Waals surface area (Å²) in [5, 5.41) is 9.11. The van der Waals surface area contributed by atoms with E-state index in [0.717, 1.165) is 12.0 Å². The van der Waals surface area contributed by atoms with Gasteiger partial charge in [-0.25, -0.2) is 4.79 Å². The van der Waals surface area contributed by atoms with E-state index in [0.29, 0.717) is 12.2 Å². The summed E-state index contributed by atoms with van der Waals surface area (Å²) in [4.78, 5) is 25.6. The van der Waals surface area contributed by atoms with Crippen LogP contribution in [-0.2, 0) is 11.2 Å². The highest BCUT2D eigenvalue weighted by Crippen LogP contribution is 2.36. The van der Waals surface area contributed by atoms with Crippen LogP contribution in [0.2, 0.25) is 0 Å². The smallest absolute Gasteiger partial charge is 0.335 e. The first kappa shape index (κ1) is 15.5. The van der Waals surface area contributed by atoms with Gasteiger partial charge in [0, 0.05) is 17.8 Å². The molecule has 0 fully saturated rings. The van der Waals surface area contributed by atoms with Crippen LogP contribution in [-0.4, -0.2) is 29.1 Å². The zero-order chi connectivity index (χ0) is 16.0. The normalized spacial score (nSPS) is 15.0. The third kappa shape index (κ3) is 2.53. The zero-order valence-corrected chi connectivity index (χ0v) is 12.9. The lowest BCUT2D eigenvalue weighted by molar-refractivity contribution is -0.129. The fraction of sp³-hybridized carbons (Fsp3) is 0.500. The van der Waals surface area contributed by atoms with Crippen LogP contribution >= 0.6 is 0 Å². The lowest BCUT2D eigenvalue weighted by atomic mass is 9.74. The number of rotatable bonds is 3. The van der Waals surface area contributed by atoms with Crippen molar-refractivity contribution in [2.45, 2.75) is 39.7 Å². The minimum Gasteiger partial charge on any atom is -0.478 e. The van der Waals surface area contributed by atoms with Crippen LogP contribution in [0, 0.1) is 5.41 Å². The maximum Gasteiger partial charge on any atom is 0.335 e. The molecule has 114 valence electrons. The first-order valence-corrected chi connectivity index (χ1v) is 7.03. The molecule has 21 heavy (non-hydrogen) atoms. The van der Waals surface area contributed by atoms with Crippen molar-refractivity contribution in [3.05, 3.63) is 29.3 Å². The average Bonchev–Trinajstić information content (AvgIpc) is 2.78. The summed E-state index contributed by atoms with van der Waals surface area (Å²) < 4.78 is 0. The quantitative estimate of drug-likeness (QED) is 0.892. The van der Waals surface area contributed by atoms with Crippen LogP contribution < -0.4 is 10.6 Å². The summed E-state index contributed by atoms with van der Waals surface area (Å²) in [6.45, 7) is 7.88. The number of nitrogens with zero attached hydrogens (tertiary/aromatic N) is 1. The minimum absolute atomic E-state index is 0.0729. The Balaban J connectivity index is 2.41. The number of hydrogen-bond donors (Lipinski definition) is 2. The first-order chi connectivity index (χ1) is 9.55. The highest BCUT2D eigenvalue weighted by Gasteiger charge is 2.44. The third-order valence-electron chi connectivity index (χ3n) is 4.62. The van der Waals surface area contributed by atoms with E-state index in [9.17, 15) is 9.59 Å². The molecule has 5 nitrogen and oxygen atoms in total. The van der Waals surface area contributed by atoms with Gasteiger partial charge in [-0.15, -0.1) is 0 Å². The Morgan fingerprint density at radius 2 is 1.86 bits per heavy atom. The van der Waals surface area contributed by atoms with E-state index in [1.807, 2.05) is 27.7 Å². The molecule has 1 aromatic carbocycles. The molecule has 0 saturated heterocycles. The monoisotopic (exact) mass is 290 g/mol. The largest absolute Gasteiger partial charge is 0.478 e. The van der Waals surface area contributed by atoms with Gasteiger partial charge in [0.25, 0.3) is 0 Å². The number of carboxylic acid groups (broad SMARTS) is 1. The Morgan fingerprint density at radius 3 is 2.38 bits per heavy atom. The molecule has 0 aromatic heterocycles. The number of anilines is 1. The molecule has 0 aliphatic carbocycles. The fourth-order valence-corrected chi connectivity index (χ4v) is 2.34. The van der Waals surface area contributed by atoms with Crippen LogP contribution in [0.1, 0.15) is 43.6 Å². The lowest BCUT2D eigenvalue weighted by Gasteiger charge is -2.39. The molecule has 0 saturated carbocycles. The highest BCUT2D eigenvalue weighted by molar-refractivity contribution is 6.01. The number of amides is 1. The molecule has 0 bridgehead atoms. The molecule has 0 radical (unpaired) electrons. The molecule has 0 unspecified atom stereocenters. The van der Waals surface area contributed by atoms with Gasteiger partial charge in [-0.05, 0) is 51.8 Å². The summed E-state index contributed by atoms with van der Waals surface area (Å²) in [5.41, 5.74) is 6.61. The van der Waals surface area contributed by atoms with Crippen molar-refractivity contribution in [3.8, 4) is 0 Å². The lowest BCUT2D eigenvalue weighted by Crippen LogP contribution is -2.56. The summed E-state index contributed by atoms with van der Waals surface area (Å²) in [7, 11) is 0. The molecule has 1 aliphatic rings. The van der Waals surface area contributed by atoms with Gasteiger partial charge in [-0.2, -0.15) is 0 Å². The van der Waals surface area contributed by atoms with E-state index in [1.165, 1.54) is 0 Å². The van der Waals surface area contributed by atoms with E-state index in [2.05, 4.69) is 0 Å². The van der Waals surface area contributed by atoms with Crippen molar-refractivity contribution < 1.29 is 14.7 Å². The average molecular weight is 290 g/mol. The Kier molecular flexibility index (Phi) is 3.58. The summed E-state index contributed by atoms with van der Waals surface area (Å²) in [6, 6.07) is 4.93. The number of aromatic carboxylic acids is 1. The maximum absolute atomic E-state index is 12.9. The number of nitrogens with two attached hydrogens (primary N) is 1. The van der Waals surface area contributed by atoms with Crippen molar-refractivity contribution in [3.63, 3.8) is 0 Å². The standard InChI is InChI=1S/C16H22N2O3/c1-15(2,16(3,4)17)14(21)18-8-7-10-5-6-11(13(19)20)9-12(10)18/h5-6,9H,7-8,17H2,1-4H3,(H,19,20). The second-order valence-corrected chi connectivity index (χ2v) is 6.70.